The second kappa shape index (κ2) is 5.33. The zero-order valence-electron chi connectivity index (χ0n) is 10.8. The third kappa shape index (κ3) is 3.06. The number of rotatable bonds is 3. The molecule has 0 spiro atoms. The number of carbonyl (C=O) groups excluding carboxylic acids is 1. The highest BCUT2D eigenvalue weighted by Crippen LogP contribution is 2.28. The summed E-state index contributed by atoms with van der Waals surface area (Å²) >= 11 is 6.16. The smallest absolute Gasteiger partial charge is 0.161 e. The molecule has 3 nitrogen and oxygen atoms in total. The minimum atomic E-state index is -0.0591. The summed E-state index contributed by atoms with van der Waals surface area (Å²) in [5, 5.41) is 3.82. The summed E-state index contributed by atoms with van der Waals surface area (Å²) in [6, 6.07) is 11.0. The number of carbonyl (C=O) groups is 1. The van der Waals surface area contributed by atoms with Crippen LogP contribution in [-0.2, 0) is 0 Å². The Morgan fingerprint density at radius 3 is 2.58 bits per heavy atom. The number of nitrogen functional groups attached to an aromatic ring is 1. The minimum absolute atomic E-state index is 0.0591. The molecule has 4 heteroatoms. The van der Waals surface area contributed by atoms with Crippen LogP contribution < -0.4 is 11.1 Å². The van der Waals surface area contributed by atoms with E-state index in [9.17, 15) is 4.79 Å². The van der Waals surface area contributed by atoms with Gasteiger partial charge in [0, 0.05) is 16.9 Å². The van der Waals surface area contributed by atoms with E-state index in [0.717, 1.165) is 16.9 Å². The van der Waals surface area contributed by atoms with E-state index in [4.69, 9.17) is 17.3 Å². The van der Waals surface area contributed by atoms with E-state index in [1.54, 1.807) is 12.1 Å². The molecule has 3 N–H and O–H groups in total. The van der Waals surface area contributed by atoms with E-state index in [0.29, 0.717) is 16.3 Å². The monoisotopic (exact) mass is 274 g/mol. The van der Waals surface area contributed by atoms with Gasteiger partial charge in [-0.25, -0.2) is 0 Å². The fraction of sp³-hybridized carbons (Fsp3) is 0.133. The number of benzene rings is 2. The standard InChI is InChI=1S/C15H15ClN2O/c1-9-3-6-15(13(16)7-9)18-11-4-5-14(17)12(8-11)10(2)19/h3-8,18H,17H2,1-2H3. The van der Waals surface area contributed by atoms with Crippen molar-refractivity contribution in [2.75, 3.05) is 11.1 Å². The molecule has 0 saturated heterocycles. The van der Waals surface area contributed by atoms with Crippen LogP contribution in [0.5, 0.6) is 0 Å². The van der Waals surface area contributed by atoms with Crippen LogP contribution in [0, 0.1) is 6.92 Å². The van der Waals surface area contributed by atoms with Gasteiger partial charge in [0.15, 0.2) is 5.78 Å². The summed E-state index contributed by atoms with van der Waals surface area (Å²) in [7, 11) is 0. The van der Waals surface area contributed by atoms with Crippen LogP contribution in [0.2, 0.25) is 5.02 Å². The zero-order chi connectivity index (χ0) is 14.0. The molecule has 0 unspecified atom stereocenters. The molecule has 0 aromatic heterocycles. The first kappa shape index (κ1) is 13.4. The molecule has 0 aliphatic heterocycles. The maximum absolute atomic E-state index is 11.4. The molecule has 98 valence electrons. The van der Waals surface area contributed by atoms with Crippen LogP contribution in [0.4, 0.5) is 17.1 Å². The molecule has 0 amide bonds. The lowest BCUT2D eigenvalue weighted by molar-refractivity contribution is 0.101. The van der Waals surface area contributed by atoms with Crippen LogP contribution in [0.15, 0.2) is 36.4 Å². The summed E-state index contributed by atoms with van der Waals surface area (Å²) < 4.78 is 0. The SMILES string of the molecule is CC(=O)c1cc(Nc2ccc(C)cc2Cl)ccc1N. The van der Waals surface area contributed by atoms with Crippen LogP contribution >= 0.6 is 11.6 Å². The zero-order valence-corrected chi connectivity index (χ0v) is 11.6. The Balaban J connectivity index is 2.33. The topological polar surface area (TPSA) is 55.1 Å². The predicted octanol–water partition coefficient (Wildman–Crippen LogP) is 4.18. The van der Waals surface area contributed by atoms with E-state index in [1.165, 1.54) is 6.92 Å². The highest BCUT2D eigenvalue weighted by molar-refractivity contribution is 6.33. The van der Waals surface area contributed by atoms with Crippen molar-refractivity contribution in [3.8, 4) is 0 Å². The molecule has 0 bridgehead atoms. The molecular weight excluding hydrogens is 260 g/mol. The van der Waals surface area contributed by atoms with Crippen molar-refractivity contribution in [2.45, 2.75) is 13.8 Å². The van der Waals surface area contributed by atoms with Crippen LogP contribution in [0.3, 0.4) is 0 Å². The summed E-state index contributed by atoms with van der Waals surface area (Å²) in [6.07, 6.45) is 0. The molecule has 2 aromatic rings. The Morgan fingerprint density at radius 1 is 1.21 bits per heavy atom. The molecule has 2 rings (SSSR count). The van der Waals surface area contributed by atoms with Crippen molar-refractivity contribution in [1.82, 2.24) is 0 Å². The van der Waals surface area contributed by atoms with Gasteiger partial charge < -0.3 is 11.1 Å². The Kier molecular flexibility index (Phi) is 3.76. The first-order valence-electron chi connectivity index (χ1n) is 5.91. The average molecular weight is 275 g/mol. The van der Waals surface area contributed by atoms with Gasteiger partial charge in [0.1, 0.15) is 0 Å². The lowest BCUT2D eigenvalue weighted by Crippen LogP contribution is -2.01. The van der Waals surface area contributed by atoms with E-state index < -0.39 is 0 Å². The number of Topliss-reactive ketones (excluding diaryl/α,β-unsaturated/α-hetero) is 1. The van der Waals surface area contributed by atoms with Gasteiger partial charge in [-0.05, 0) is 49.7 Å². The molecule has 0 heterocycles. The van der Waals surface area contributed by atoms with Crippen molar-refractivity contribution < 1.29 is 4.79 Å². The Hall–Kier alpha value is -2.00. The van der Waals surface area contributed by atoms with Crippen LogP contribution in [-0.4, -0.2) is 5.78 Å². The van der Waals surface area contributed by atoms with Gasteiger partial charge in [-0.3, -0.25) is 4.79 Å². The first-order chi connectivity index (χ1) is 8.97. The highest BCUT2D eigenvalue weighted by Gasteiger charge is 2.07. The summed E-state index contributed by atoms with van der Waals surface area (Å²) in [5.41, 5.74) is 9.42. The number of nitrogens with two attached hydrogens (primary N) is 1. The first-order valence-corrected chi connectivity index (χ1v) is 6.29. The lowest BCUT2D eigenvalue weighted by atomic mass is 10.1. The van der Waals surface area contributed by atoms with E-state index in [2.05, 4.69) is 5.32 Å². The molecule has 2 aromatic carbocycles. The number of halogens is 1. The second-order valence-electron chi connectivity index (χ2n) is 4.47. The number of aryl methyl sites for hydroxylation is 1. The van der Waals surface area contributed by atoms with Crippen molar-refractivity contribution in [2.24, 2.45) is 0 Å². The largest absolute Gasteiger partial charge is 0.398 e. The van der Waals surface area contributed by atoms with Crippen molar-refractivity contribution in [3.63, 3.8) is 0 Å². The van der Waals surface area contributed by atoms with Gasteiger partial charge >= 0.3 is 0 Å². The third-order valence-electron chi connectivity index (χ3n) is 2.84. The van der Waals surface area contributed by atoms with E-state index >= 15 is 0 Å². The maximum atomic E-state index is 11.4. The van der Waals surface area contributed by atoms with E-state index in [1.807, 2.05) is 31.2 Å². The predicted molar refractivity (Wildman–Crippen MR) is 80.3 cm³/mol. The lowest BCUT2D eigenvalue weighted by Gasteiger charge is -2.11. The average Bonchev–Trinajstić information content (AvgIpc) is 2.34. The summed E-state index contributed by atoms with van der Waals surface area (Å²) in [5.74, 6) is -0.0591. The number of nitrogens with one attached hydrogen (secondary N) is 1. The molecule has 0 aliphatic carbocycles. The van der Waals surface area contributed by atoms with Gasteiger partial charge in [0.05, 0.1) is 10.7 Å². The van der Waals surface area contributed by atoms with Crippen molar-refractivity contribution in [3.05, 3.63) is 52.5 Å². The molecule has 0 radical (unpaired) electrons. The number of hydrogen-bond acceptors (Lipinski definition) is 3. The molecular formula is C15H15ClN2O. The quantitative estimate of drug-likeness (QED) is 0.652. The Bertz CT molecular complexity index is 638. The fourth-order valence-electron chi connectivity index (χ4n) is 1.82. The van der Waals surface area contributed by atoms with Gasteiger partial charge in [-0.15, -0.1) is 0 Å². The molecule has 19 heavy (non-hydrogen) atoms. The number of anilines is 3. The van der Waals surface area contributed by atoms with Gasteiger partial charge in [0.2, 0.25) is 0 Å². The number of hydrogen-bond donors (Lipinski definition) is 2. The number of ketones is 1. The third-order valence-corrected chi connectivity index (χ3v) is 3.15. The Morgan fingerprint density at radius 2 is 1.95 bits per heavy atom. The second-order valence-corrected chi connectivity index (χ2v) is 4.87. The molecule has 0 saturated carbocycles. The minimum Gasteiger partial charge on any atom is -0.398 e. The summed E-state index contributed by atoms with van der Waals surface area (Å²) in [4.78, 5) is 11.4. The van der Waals surface area contributed by atoms with Crippen LogP contribution in [0.1, 0.15) is 22.8 Å². The highest BCUT2D eigenvalue weighted by atomic mass is 35.5. The van der Waals surface area contributed by atoms with Crippen molar-refractivity contribution in [1.29, 1.82) is 0 Å². The van der Waals surface area contributed by atoms with Crippen LogP contribution in [0.25, 0.3) is 0 Å². The van der Waals surface area contributed by atoms with Gasteiger partial charge in [0.25, 0.3) is 0 Å². The molecule has 0 atom stereocenters. The summed E-state index contributed by atoms with van der Waals surface area (Å²) in [6.45, 7) is 3.47. The Labute approximate surface area is 117 Å². The van der Waals surface area contributed by atoms with Gasteiger partial charge in [-0.1, -0.05) is 17.7 Å². The molecule has 0 aliphatic rings. The normalized spacial score (nSPS) is 10.3. The van der Waals surface area contributed by atoms with E-state index in [-0.39, 0.29) is 5.78 Å². The maximum Gasteiger partial charge on any atom is 0.161 e. The fourth-order valence-corrected chi connectivity index (χ4v) is 2.10. The van der Waals surface area contributed by atoms with Crippen molar-refractivity contribution >= 4 is 34.4 Å². The molecule has 0 fully saturated rings. The van der Waals surface area contributed by atoms with Gasteiger partial charge in [-0.2, -0.15) is 0 Å².